The van der Waals surface area contributed by atoms with E-state index < -0.39 is 0 Å². The molecule has 0 atom stereocenters. The normalized spacial score (nSPS) is 10.5. The first-order valence-corrected chi connectivity index (χ1v) is 8.42. The monoisotopic (exact) mass is 375 g/mol. The summed E-state index contributed by atoms with van der Waals surface area (Å²) >= 11 is 12.1. The first-order chi connectivity index (χ1) is 12.1. The average molecular weight is 376 g/mol. The van der Waals surface area contributed by atoms with E-state index in [1.54, 1.807) is 54.6 Å². The van der Waals surface area contributed by atoms with Gasteiger partial charge in [-0.2, -0.15) is 0 Å². The van der Waals surface area contributed by atoms with Gasteiger partial charge < -0.3 is 14.5 Å². The zero-order chi connectivity index (χ0) is 17.8. The number of hydrogen-bond acceptors (Lipinski definition) is 3. The summed E-state index contributed by atoms with van der Waals surface area (Å²) in [4.78, 5) is 12.3. The lowest BCUT2D eigenvalue weighted by atomic mass is 10.2. The lowest BCUT2D eigenvalue weighted by molar-refractivity contribution is 0.0997. The van der Waals surface area contributed by atoms with Gasteiger partial charge in [-0.05, 0) is 61.5 Å². The highest BCUT2D eigenvalue weighted by atomic mass is 35.5. The minimum Gasteiger partial charge on any atom is -0.494 e. The zero-order valence-corrected chi connectivity index (χ0v) is 14.9. The van der Waals surface area contributed by atoms with Crippen LogP contribution in [-0.2, 0) is 0 Å². The van der Waals surface area contributed by atoms with E-state index in [9.17, 15) is 4.79 Å². The third kappa shape index (κ3) is 4.16. The second kappa shape index (κ2) is 7.64. The minimum absolute atomic E-state index is 0.190. The van der Waals surface area contributed by atoms with Gasteiger partial charge >= 0.3 is 0 Å². The lowest BCUT2D eigenvalue weighted by Crippen LogP contribution is -2.10. The van der Waals surface area contributed by atoms with Crippen LogP contribution in [0.4, 0.5) is 5.69 Å². The first-order valence-electron chi connectivity index (χ1n) is 7.66. The van der Waals surface area contributed by atoms with Crippen LogP contribution in [-0.4, -0.2) is 12.5 Å². The molecule has 128 valence electrons. The molecule has 1 N–H and O–H groups in total. The van der Waals surface area contributed by atoms with Crippen molar-refractivity contribution in [1.82, 2.24) is 0 Å². The summed E-state index contributed by atoms with van der Waals surface area (Å²) in [5.41, 5.74) is 1.32. The maximum absolute atomic E-state index is 12.3. The summed E-state index contributed by atoms with van der Waals surface area (Å²) in [6.07, 6.45) is 0. The number of nitrogens with one attached hydrogen (secondary N) is 1. The molecule has 0 unspecified atom stereocenters. The van der Waals surface area contributed by atoms with Crippen molar-refractivity contribution in [2.24, 2.45) is 0 Å². The van der Waals surface area contributed by atoms with E-state index in [4.69, 9.17) is 32.4 Å². The Labute approximate surface area is 155 Å². The van der Waals surface area contributed by atoms with E-state index in [1.807, 2.05) is 6.92 Å². The van der Waals surface area contributed by atoms with Crippen molar-refractivity contribution in [3.05, 3.63) is 70.4 Å². The predicted octanol–water partition coefficient (Wildman–Crippen LogP) is 5.90. The van der Waals surface area contributed by atoms with Crippen LogP contribution in [0.2, 0.25) is 10.0 Å². The Kier molecular flexibility index (Phi) is 5.31. The number of furan rings is 1. The summed E-state index contributed by atoms with van der Waals surface area (Å²) in [6, 6.07) is 15.5. The van der Waals surface area contributed by atoms with Crippen LogP contribution in [0.5, 0.6) is 5.75 Å². The number of amides is 1. The van der Waals surface area contributed by atoms with Crippen molar-refractivity contribution >= 4 is 34.8 Å². The number of ether oxygens (including phenoxy) is 1. The molecule has 0 saturated heterocycles. The molecule has 3 aromatic rings. The zero-order valence-electron chi connectivity index (χ0n) is 13.4. The van der Waals surface area contributed by atoms with Crippen molar-refractivity contribution in [3.63, 3.8) is 0 Å². The molecule has 0 aliphatic carbocycles. The summed E-state index contributed by atoms with van der Waals surface area (Å²) in [5.74, 6) is 1.09. The fraction of sp³-hybridized carbons (Fsp3) is 0.105. The van der Waals surface area contributed by atoms with Crippen molar-refractivity contribution in [3.8, 4) is 17.1 Å². The van der Waals surface area contributed by atoms with Gasteiger partial charge in [0.05, 0.1) is 11.6 Å². The average Bonchev–Trinajstić information content (AvgIpc) is 3.07. The largest absolute Gasteiger partial charge is 0.494 e. The molecule has 25 heavy (non-hydrogen) atoms. The third-order valence-corrected chi connectivity index (χ3v) is 4.00. The van der Waals surface area contributed by atoms with Crippen LogP contribution in [0.1, 0.15) is 17.5 Å². The second-order valence-corrected chi connectivity index (χ2v) is 6.04. The van der Waals surface area contributed by atoms with E-state index >= 15 is 0 Å². The minimum atomic E-state index is -0.347. The van der Waals surface area contributed by atoms with Gasteiger partial charge in [0.1, 0.15) is 11.5 Å². The van der Waals surface area contributed by atoms with Crippen molar-refractivity contribution in [1.29, 1.82) is 0 Å². The van der Waals surface area contributed by atoms with Crippen molar-refractivity contribution < 1.29 is 13.9 Å². The molecule has 0 fully saturated rings. The molecule has 0 radical (unpaired) electrons. The van der Waals surface area contributed by atoms with E-state index in [0.29, 0.717) is 33.7 Å². The summed E-state index contributed by atoms with van der Waals surface area (Å²) in [5, 5.41) is 3.77. The number of carbonyl (C=O) groups is 1. The predicted molar refractivity (Wildman–Crippen MR) is 99.7 cm³/mol. The smallest absolute Gasteiger partial charge is 0.291 e. The van der Waals surface area contributed by atoms with Crippen LogP contribution >= 0.6 is 23.2 Å². The Hall–Kier alpha value is -2.43. The summed E-state index contributed by atoms with van der Waals surface area (Å²) < 4.78 is 11.0. The van der Waals surface area contributed by atoms with Gasteiger partial charge in [-0.3, -0.25) is 4.79 Å². The van der Waals surface area contributed by atoms with Crippen molar-refractivity contribution in [2.45, 2.75) is 6.92 Å². The number of rotatable bonds is 5. The number of hydrogen-bond donors (Lipinski definition) is 1. The Bertz CT molecular complexity index is 888. The molecule has 2 aromatic carbocycles. The molecule has 3 rings (SSSR count). The summed E-state index contributed by atoms with van der Waals surface area (Å²) in [6.45, 7) is 2.51. The lowest BCUT2D eigenvalue weighted by Gasteiger charge is -2.06. The maximum Gasteiger partial charge on any atom is 0.291 e. The van der Waals surface area contributed by atoms with Crippen LogP contribution in [0.15, 0.2) is 59.0 Å². The van der Waals surface area contributed by atoms with E-state index in [1.165, 1.54) is 0 Å². The number of halogens is 2. The molecule has 0 bridgehead atoms. The van der Waals surface area contributed by atoms with Gasteiger partial charge in [-0.1, -0.05) is 23.2 Å². The quantitative estimate of drug-likeness (QED) is 0.603. The van der Waals surface area contributed by atoms with E-state index in [2.05, 4.69) is 5.32 Å². The number of anilines is 1. The molecular formula is C19H15Cl2NO3. The van der Waals surface area contributed by atoms with Gasteiger partial charge in [0.2, 0.25) is 0 Å². The van der Waals surface area contributed by atoms with Gasteiger partial charge in [-0.15, -0.1) is 0 Å². The molecule has 0 aliphatic rings. The van der Waals surface area contributed by atoms with Gasteiger partial charge in [0.15, 0.2) is 5.76 Å². The fourth-order valence-corrected chi connectivity index (χ4v) is 2.79. The molecule has 0 aliphatic heterocycles. The third-order valence-electron chi connectivity index (χ3n) is 3.45. The Morgan fingerprint density at radius 1 is 1.08 bits per heavy atom. The fourth-order valence-electron chi connectivity index (χ4n) is 2.29. The molecule has 6 heteroatoms. The molecule has 1 aromatic heterocycles. The SMILES string of the molecule is CCOc1ccc(NC(=O)c2ccc(-c3ccc(Cl)cc3Cl)o2)cc1. The standard InChI is InChI=1S/C19H15Cl2NO3/c1-2-24-14-6-4-13(5-7-14)22-19(23)18-10-9-17(25-18)15-8-3-12(20)11-16(15)21/h3-11H,2H2,1H3,(H,22,23). The highest BCUT2D eigenvalue weighted by molar-refractivity contribution is 6.36. The number of benzene rings is 2. The number of carbonyl (C=O) groups excluding carboxylic acids is 1. The van der Waals surface area contributed by atoms with Gasteiger partial charge in [0, 0.05) is 16.3 Å². The molecule has 4 nitrogen and oxygen atoms in total. The summed E-state index contributed by atoms with van der Waals surface area (Å²) in [7, 11) is 0. The Morgan fingerprint density at radius 3 is 2.52 bits per heavy atom. The molecule has 0 saturated carbocycles. The molecular weight excluding hydrogens is 361 g/mol. The second-order valence-electron chi connectivity index (χ2n) is 5.20. The van der Waals surface area contributed by atoms with Crippen LogP contribution in [0.3, 0.4) is 0 Å². The van der Waals surface area contributed by atoms with E-state index in [0.717, 1.165) is 5.75 Å². The topological polar surface area (TPSA) is 51.5 Å². The van der Waals surface area contributed by atoms with E-state index in [-0.39, 0.29) is 11.7 Å². The molecule has 0 spiro atoms. The van der Waals surface area contributed by atoms with Gasteiger partial charge in [0.25, 0.3) is 5.91 Å². The van der Waals surface area contributed by atoms with Gasteiger partial charge in [-0.25, -0.2) is 0 Å². The van der Waals surface area contributed by atoms with Crippen LogP contribution < -0.4 is 10.1 Å². The maximum atomic E-state index is 12.3. The van der Waals surface area contributed by atoms with Crippen molar-refractivity contribution in [2.75, 3.05) is 11.9 Å². The van der Waals surface area contributed by atoms with Crippen LogP contribution in [0, 0.1) is 0 Å². The molecule has 1 heterocycles. The highest BCUT2D eigenvalue weighted by Crippen LogP contribution is 2.31. The Morgan fingerprint density at radius 2 is 1.84 bits per heavy atom. The Balaban J connectivity index is 1.74. The highest BCUT2D eigenvalue weighted by Gasteiger charge is 2.14. The first kappa shape index (κ1) is 17.4. The molecule has 1 amide bonds. The van der Waals surface area contributed by atoms with Crippen LogP contribution in [0.25, 0.3) is 11.3 Å².